The summed E-state index contributed by atoms with van der Waals surface area (Å²) in [5.74, 6) is 3.78. The van der Waals surface area contributed by atoms with Crippen molar-refractivity contribution in [1.29, 1.82) is 0 Å². The summed E-state index contributed by atoms with van der Waals surface area (Å²) in [7, 11) is 20.0. The average molecular weight is 1970 g/mol. The molecule has 12 N–H and O–H groups in total. The largest absolute Gasteiger partial charge is 0.493 e. The van der Waals surface area contributed by atoms with Crippen molar-refractivity contribution in [2.24, 2.45) is 35.5 Å². The van der Waals surface area contributed by atoms with E-state index in [9.17, 15) is 28.8 Å². The van der Waals surface area contributed by atoms with Crippen LogP contribution in [0.4, 0.5) is 34.1 Å². The minimum absolute atomic E-state index is 0.192. The average Bonchev–Trinajstić information content (AvgIpc) is 0.756. The second-order valence-electron chi connectivity index (χ2n) is 38.0. The molecule has 11 atom stereocenters. The number of hydrogen-bond acceptors (Lipinski definition) is 30. The van der Waals surface area contributed by atoms with Crippen LogP contribution < -0.4 is 62.8 Å². The third-order valence-corrected chi connectivity index (χ3v) is 25.3. The van der Waals surface area contributed by atoms with E-state index >= 15 is 0 Å². The van der Waals surface area contributed by atoms with Crippen molar-refractivity contribution in [2.75, 3.05) is 197 Å². The van der Waals surface area contributed by atoms with Crippen LogP contribution in [0.5, 0.6) is 34.5 Å². The number of ether oxygens (including phenoxy) is 12. The minimum atomic E-state index is -0.376. The Morgan fingerprint density at radius 1 is 0.298 bits per heavy atom. The van der Waals surface area contributed by atoms with Crippen LogP contribution in [0.2, 0.25) is 0 Å². The van der Waals surface area contributed by atoms with E-state index < -0.39 is 0 Å². The van der Waals surface area contributed by atoms with Crippen LogP contribution in [0.15, 0.2) is 109 Å². The number of rotatable bonds is 54. The van der Waals surface area contributed by atoms with Crippen LogP contribution in [0, 0.1) is 35.5 Å². The maximum absolute atomic E-state index is 12.7. The van der Waals surface area contributed by atoms with Crippen LogP contribution in [0.25, 0.3) is 0 Å². The summed E-state index contributed by atoms with van der Waals surface area (Å²) >= 11 is 0. The highest BCUT2D eigenvalue weighted by Gasteiger charge is 2.30. The molecular formula is C111H184N12O18. The molecule has 0 spiro atoms. The molecule has 0 amide bonds. The van der Waals surface area contributed by atoms with Gasteiger partial charge in [0.1, 0.15) is 90.8 Å². The predicted molar refractivity (Wildman–Crippen MR) is 575 cm³/mol. The van der Waals surface area contributed by atoms with Crippen molar-refractivity contribution in [3.63, 3.8) is 0 Å². The molecular weight excluding hydrogens is 1790 g/mol. The summed E-state index contributed by atoms with van der Waals surface area (Å²) in [6, 6.07) is 31.4. The van der Waals surface area contributed by atoms with Crippen molar-refractivity contribution in [1.82, 2.24) is 29.4 Å². The van der Waals surface area contributed by atoms with Gasteiger partial charge in [-0.1, -0.05) is 162 Å². The van der Waals surface area contributed by atoms with Crippen molar-refractivity contribution < 1.29 is 85.6 Å². The number of unbranched alkanes of at least 4 members (excludes halogenated alkanes) is 2. The van der Waals surface area contributed by atoms with Gasteiger partial charge < -0.3 is 116 Å². The fraction of sp³-hybridized carbons (Fsp3) is 0.622. The standard InChI is InChI=1S/C22H36N2O3.C19H32N2O3.2C18H30N2O3.2C17H28N2O3/c1-4-5-13-26-21-15-18(23)9-10-20(21)22(25)27-16-19(14-17(2)3)24-11-7-6-8-12-24;1-6-8-11-23-18-12-15(9-10-16(18)20)19(22)24-13-17(21(4)5)14(3)7-2;1-6-10-22-17-11-14(19)8-9-15(17)18(21)23-12-16(20(4)5)13(3)7-2;1-6-10-22-17-11-14(8-9-15(17)19)18(21)23-12-16(20(4)5)13(3)7-2;1-6-12(3)15(19(4)5)11-22-17(20)14-9-8-13(18)10-16(14)21-7-2;1-6-12(3)15(19(4)5)11-22-17(20)13-8-9-14(18)16(10-13)21-7-2/h9-10,15,17,19H,4-8,11-14,16,23H2,1-3H3;9-10,12,14,17H,6-8,11,13,20H2,1-5H3;2*8-9,11,13,16H,6-7,10,12,19H2,1-5H3;2*8-10,12,15H,6-7,11,18H2,1-5H3/t19-;14?,17-;2*13?,16-;2*12?,15-/m011111/s1. The van der Waals surface area contributed by atoms with E-state index in [4.69, 9.17) is 91.2 Å². The molecule has 5 unspecified atom stereocenters. The zero-order valence-corrected chi connectivity index (χ0v) is 91.3. The summed E-state index contributed by atoms with van der Waals surface area (Å²) < 4.78 is 66.7. The number of carbonyl (C=O) groups is 6. The topological polar surface area (TPSA) is 389 Å². The number of piperidine rings is 1. The van der Waals surface area contributed by atoms with Gasteiger partial charge in [0.05, 0.1) is 73.4 Å². The molecule has 0 aromatic heterocycles. The number of benzene rings is 6. The number of carbonyl (C=O) groups excluding carboxylic acids is 6. The van der Waals surface area contributed by atoms with E-state index in [1.807, 2.05) is 98.2 Å². The maximum atomic E-state index is 12.7. The van der Waals surface area contributed by atoms with Gasteiger partial charge >= 0.3 is 35.8 Å². The first-order chi connectivity index (χ1) is 67.0. The van der Waals surface area contributed by atoms with Gasteiger partial charge in [0.25, 0.3) is 0 Å². The number of likely N-dealkylation sites (N-methyl/N-ethyl adjacent to an activating group) is 5. The van der Waals surface area contributed by atoms with Gasteiger partial charge in [0, 0.05) is 71.5 Å². The zero-order valence-electron chi connectivity index (χ0n) is 91.3. The Morgan fingerprint density at radius 2 is 0.553 bits per heavy atom. The lowest BCUT2D eigenvalue weighted by atomic mass is 9.99. The summed E-state index contributed by atoms with van der Waals surface area (Å²) in [5, 5.41) is 0. The van der Waals surface area contributed by atoms with Gasteiger partial charge in [0.2, 0.25) is 0 Å². The second kappa shape index (κ2) is 70.2. The smallest absolute Gasteiger partial charge is 0.341 e. The van der Waals surface area contributed by atoms with E-state index in [1.54, 1.807) is 109 Å². The lowest BCUT2D eigenvalue weighted by Gasteiger charge is -2.35. The Morgan fingerprint density at radius 3 is 0.823 bits per heavy atom. The molecule has 30 nitrogen and oxygen atoms in total. The molecule has 7 rings (SSSR count). The molecule has 1 fully saturated rings. The molecule has 1 aliphatic heterocycles. The number of nitrogens with zero attached hydrogens (tertiary/aromatic N) is 6. The summed E-state index contributed by atoms with van der Waals surface area (Å²) in [5.41, 5.74) is 41.0. The Hall–Kier alpha value is -10.5. The predicted octanol–water partition coefficient (Wildman–Crippen LogP) is 20.1. The highest BCUT2D eigenvalue weighted by molar-refractivity contribution is 5.95. The molecule has 30 heteroatoms. The molecule has 6 aromatic rings. The van der Waals surface area contributed by atoms with E-state index in [0.29, 0.717) is 217 Å². The molecule has 141 heavy (non-hydrogen) atoms. The van der Waals surface area contributed by atoms with E-state index in [2.05, 4.69) is 126 Å². The molecule has 796 valence electrons. The lowest BCUT2D eigenvalue weighted by Crippen LogP contribution is -2.43. The van der Waals surface area contributed by atoms with Crippen LogP contribution in [-0.4, -0.2) is 264 Å². The molecule has 0 radical (unpaired) electrons. The normalized spacial score (nSPS) is 14.2. The van der Waals surface area contributed by atoms with Crippen LogP contribution in [-0.2, 0) is 28.4 Å². The van der Waals surface area contributed by atoms with Crippen molar-refractivity contribution in [2.45, 2.75) is 257 Å². The summed E-state index contributed by atoms with van der Waals surface area (Å²) in [6.45, 7) is 45.6. The SMILES string of the molecule is CCCCOc1cc(C(=O)OC[C@H](C(C)CC)N(C)C)ccc1N.CCCCOc1cc(N)ccc1C(=O)OC[C@H](CC(C)C)N1CCCCC1.CCCOc1cc(C(=O)OC[C@H](C(C)CC)N(C)C)ccc1N.CCCOc1cc(N)ccc1C(=O)OC[C@H](C(C)CC)N(C)C.CCOc1cc(C(=O)OC[C@H](C(C)CC)N(C)C)ccc1N.CCOc1cc(N)ccc1C(=O)OC[C@H](C(C)CC)N(C)C. The van der Waals surface area contributed by atoms with E-state index in [0.717, 1.165) is 90.1 Å². The first kappa shape index (κ1) is 127. The Kier molecular flexibility index (Phi) is 63.0. The highest BCUT2D eigenvalue weighted by Crippen LogP contribution is 2.32. The third kappa shape index (κ3) is 47.1. The third-order valence-electron chi connectivity index (χ3n) is 25.3. The number of nitrogens with two attached hydrogens (primary N) is 6. The molecule has 1 heterocycles. The second-order valence-corrected chi connectivity index (χ2v) is 38.0. The summed E-state index contributed by atoms with van der Waals surface area (Å²) in [6.07, 6.45) is 15.7. The fourth-order valence-electron chi connectivity index (χ4n) is 15.3. The van der Waals surface area contributed by atoms with Crippen LogP contribution >= 0.6 is 0 Å². The van der Waals surface area contributed by atoms with Gasteiger partial charge in [-0.05, 0) is 269 Å². The fourth-order valence-corrected chi connectivity index (χ4v) is 15.3. The van der Waals surface area contributed by atoms with E-state index in [1.165, 1.54) is 19.3 Å². The van der Waals surface area contributed by atoms with Crippen molar-refractivity contribution in [3.8, 4) is 34.5 Å². The number of esters is 6. The van der Waals surface area contributed by atoms with Gasteiger partial charge in [0.15, 0.2) is 0 Å². The molecule has 1 aliphatic rings. The maximum Gasteiger partial charge on any atom is 0.341 e. The van der Waals surface area contributed by atoms with Gasteiger partial charge in [-0.15, -0.1) is 0 Å². The highest BCUT2D eigenvalue weighted by atomic mass is 16.6. The van der Waals surface area contributed by atoms with Crippen LogP contribution in [0.1, 0.15) is 283 Å². The van der Waals surface area contributed by atoms with Crippen LogP contribution in [0.3, 0.4) is 0 Å². The Labute approximate surface area is 847 Å². The van der Waals surface area contributed by atoms with Gasteiger partial charge in [-0.3, -0.25) is 4.90 Å². The zero-order chi connectivity index (χ0) is 106. The van der Waals surface area contributed by atoms with Crippen molar-refractivity contribution in [3.05, 3.63) is 143 Å². The first-order valence-corrected chi connectivity index (χ1v) is 51.2. The molecule has 0 bridgehead atoms. The molecule has 6 aromatic carbocycles. The summed E-state index contributed by atoms with van der Waals surface area (Å²) in [4.78, 5) is 87.3. The monoisotopic (exact) mass is 1970 g/mol. The van der Waals surface area contributed by atoms with Gasteiger partial charge in [-0.2, -0.15) is 0 Å². The molecule has 0 saturated carbocycles. The Balaban J connectivity index is 0.000000573. The first-order valence-electron chi connectivity index (χ1n) is 51.2. The van der Waals surface area contributed by atoms with Crippen molar-refractivity contribution >= 4 is 69.9 Å². The minimum Gasteiger partial charge on any atom is -0.493 e. The number of likely N-dealkylation sites (tertiary alicyclic amines) is 1. The molecule has 0 aliphatic carbocycles. The number of anilines is 6. The lowest BCUT2D eigenvalue weighted by molar-refractivity contribution is 0.0277. The molecule has 1 saturated heterocycles. The van der Waals surface area contributed by atoms with E-state index in [-0.39, 0.29) is 72.1 Å². The number of nitrogen functional groups attached to an aromatic ring is 6. The Bertz CT molecular complexity index is 4530. The quantitative estimate of drug-likeness (QED) is 0.00894. The number of hydrogen-bond donors (Lipinski definition) is 6. The van der Waals surface area contributed by atoms with Gasteiger partial charge in [-0.25, -0.2) is 28.8 Å².